The van der Waals surface area contributed by atoms with Gasteiger partial charge in [0.1, 0.15) is 0 Å². The number of nitrogens with one attached hydrogen (secondary N) is 1. The Kier molecular flexibility index (Phi) is 3.49. The van der Waals surface area contributed by atoms with Gasteiger partial charge in [0.2, 0.25) is 5.91 Å². The predicted octanol–water partition coefficient (Wildman–Crippen LogP) is 0.381. The van der Waals surface area contributed by atoms with Crippen molar-refractivity contribution in [3.63, 3.8) is 0 Å². The zero-order chi connectivity index (χ0) is 13.0. The summed E-state index contributed by atoms with van der Waals surface area (Å²) in [7, 11) is 0. The smallest absolute Gasteiger partial charge is 0.275 e. The monoisotopic (exact) mass is 245 g/mol. The number of hydrogen-bond acceptors (Lipinski definition) is 4. The normalized spacial score (nSPS) is 10.2. The third-order valence-electron chi connectivity index (χ3n) is 2.27. The molecule has 2 rings (SSSR count). The van der Waals surface area contributed by atoms with E-state index in [1.807, 2.05) is 0 Å². The molecule has 92 valence electrons. The lowest BCUT2D eigenvalue weighted by atomic mass is 10.1. The highest BCUT2D eigenvalue weighted by molar-refractivity contribution is 6.05. The van der Waals surface area contributed by atoms with Gasteiger partial charge < -0.3 is 5.73 Å². The molecular formula is C12H11N3O3. The van der Waals surface area contributed by atoms with E-state index in [9.17, 15) is 9.59 Å². The molecule has 0 fully saturated rings. The van der Waals surface area contributed by atoms with E-state index < -0.39 is 11.8 Å². The zero-order valence-electron chi connectivity index (χ0n) is 9.42. The van der Waals surface area contributed by atoms with E-state index in [2.05, 4.69) is 15.3 Å². The van der Waals surface area contributed by atoms with Crippen molar-refractivity contribution in [3.8, 4) is 0 Å². The molecule has 0 aliphatic rings. The standard InChI is InChI=1S/C12H11N3O3/c13-11(16)7-18-15-12(17)9-3-1-5-10-8(9)4-2-6-14-10/h1-6H,7H2,(H2,13,16)(H,15,17). The molecule has 18 heavy (non-hydrogen) atoms. The molecule has 1 aromatic carbocycles. The number of carbonyl (C=O) groups is 2. The van der Waals surface area contributed by atoms with E-state index in [1.165, 1.54) is 0 Å². The maximum absolute atomic E-state index is 11.8. The highest BCUT2D eigenvalue weighted by Gasteiger charge is 2.10. The molecule has 0 aliphatic heterocycles. The van der Waals surface area contributed by atoms with Crippen LogP contribution in [-0.4, -0.2) is 23.4 Å². The van der Waals surface area contributed by atoms with Gasteiger partial charge in [-0.15, -0.1) is 0 Å². The summed E-state index contributed by atoms with van der Waals surface area (Å²) >= 11 is 0. The van der Waals surface area contributed by atoms with Gasteiger partial charge in [-0.3, -0.25) is 19.4 Å². The van der Waals surface area contributed by atoms with Crippen molar-refractivity contribution in [2.24, 2.45) is 5.73 Å². The van der Waals surface area contributed by atoms with Gasteiger partial charge in [0.05, 0.1) is 11.1 Å². The van der Waals surface area contributed by atoms with Crippen molar-refractivity contribution >= 4 is 22.7 Å². The van der Waals surface area contributed by atoms with Crippen LogP contribution >= 0.6 is 0 Å². The first-order valence-electron chi connectivity index (χ1n) is 5.22. The number of fused-ring (bicyclic) bond motifs is 1. The van der Waals surface area contributed by atoms with E-state index in [4.69, 9.17) is 5.73 Å². The van der Waals surface area contributed by atoms with Crippen molar-refractivity contribution in [2.45, 2.75) is 0 Å². The first-order valence-corrected chi connectivity index (χ1v) is 5.22. The van der Waals surface area contributed by atoms with Gasteiger partial charge in [-0.2, -0.15) is 0 Å². The SMILES string of the molecule is NC(=O)CONC(=O)c1cccc2ncccc12. The Morgan fingerprint density at radius 2 is 2.11 bits per heavy atom. The fourth-order valence-electron chi connectivity index (χ4n) is 1.53. The Morgan fingerprint density at radius 1 is 1.28 bits per heavy atom. The number of hydrogen-bond donors (Lipinski definition) is 2. The number of rotatable bonds is 4. The van der Waals surface area contributed by atoms with Gasteiger partial charge >= 0.3 is 0 Å². The quantitative estimate of drug-likeness (QED) is 0.761. The van der Waals surface area contributed by atoms with Gasteiger partial charge in [-0.1, -0.05) is 12.1 Å². The number of carbonyl (C=O) groups excluding carboxylic acids is 2. The molecule has 6 nitrogen and oxygen atoms in total. The van der Waals surface area contributed by atoms with Crippen LogP contribution in [0.25, 0.3) is 10.9 Å². The van der Waals surface area contributed by atoms with Crippen molar-refractivity contribution in [2.75, 3.05) is 6.61 Å². The van der Waals surface area contributed by atoms with Gasteiger partial charge in [-0.25, -0.2) is 5.48 Å². The van der Waals surface area contributed by atoms with Gasteiger partial charge in [0.25, 0.3) is 5.91 Å². The van der Waals surface area contributed by atoms with E-state index in [0.29, 0.717) is 16.5 Å². The molecule has 0 saturated carbocycles. The van der Waals surface area contributed by atoms with Crippen LogP contribution in [0.1, 0.15) is 10.4 Å². The second-order valence-electron chi connectivity index (χ2n) is 3.56. The topological polar surface area (TPSA) is 94.3 Å². The number of primary amides is 1. The summed E-state index contributed by atoms with van der Waals surface area (Å²) < 4.78 is 0. The highest BCUT2D eigenvalue weighted by Crippen LogP contribution is 2.15. The third-order valence-corrected chi connectivity index (χ3v) is 2.27. The molecule has 0 spiro atoms. The fraction of sp³-hybridized carbons (Fsp3) is 0.0833. The lowest BCUT2D eigenvalue weighted by Crippen LogP contribution is -2.29. The minimum Gasteiger partial charge on any atom is -0.368 e. The van der Waals surface area contributed by atoms with Crippen molar-refractivity contribution in [3.05, 3.63) is 42.1 Å². The summed E-state index contributed by atoms with van der Waals surface area (Å²) in [6.45, 7) is -0.366. The van der Waals surface area contributed by atoms with Crippen molar-refractivity contribution in [1.29, 1.82) is 0 Å². The molecule has 3 N–H and O–H groups in total. The second kappa shape index (κ2) is 5.24. The number of pyridine rings is 1. The summed E-state index contributed by atoms with van der Waals surface area (Å²) in [5.74, 6) is -1.11. The van der Waals surface area contributed by atoms with E-state index in [-0.39, 0.29) is 6.61 Å². The Morgan fingerprint density at radius 3 is 2.89 bits per heavy atom. The second-order valence-corrected chi connectivity index (χ2v) is 3.56. The van der Waals surface area contributed by atoms with E-state index >= 15 is 0 Å². The first kappa shape index (κ1) is 12.0. The Bertz CT molecular complexity index is 593. The number of nitrogens with zero attached hydrogens (tertiary/aromatic N) is 1. The summed E-state index contributed by atoms with van der Waals surface area (Å²) in [5, 5.41) is 0.708. The van der Waals surface area contributed by atoms with Crippen LogP contribution in [0.5, 0.6) is 0 Å². The van der Waals surface area contributed by atoms with Gasteiger partial charge in [0.15, 0.2) is 6.61 Å². The minimum atomic E-state index is -0.658. The largest absolute Gasteiger partial charge is 0.368 e. The molecule has 0 bridgehead atoms. The maximum atomic E-state index is 11.8. The molecule has 6 heteroatoms. The maximum Gasteiger partial charge on any atom is 0.275 e. The molecule has 0 saturated heterocycles. The van der Waals surface area contributed by atoms with Crippen molar-refractivity contribution < 1.29 is 14.4 Å². The summed E-state index contributed by atoms with van der Waals surface area (Å²) in [4.78, 5) is 31.1. The molecule has 2 aromatic rings. The van der Waals surface area contributed by atoms with Gasteiger partial charge in [0, 0.05) is 11.6 Å². The van der Waals surface area contributed by atoms with Gasteiger partial charge in [-0.05, 0) is 18.2 Å². The Hall–Kier alpha value is -2.47. The number of amides is 2. The number of nitrogens with two attached hydrogens (primary N) is 1. The van der Waals surface area contributed by atoms with E-state index in [0.717, 1.165) is 0 Å². The Balaban J connectivity index is 2.20. The van der Waals surface area contributed by atoms with Crippen LogP contribution in [0.2, 0.25) is 0 Å². The predicted molar refractivity (Wildman–Crippen MR) is 64.4 cm³/mol. The number of aromatic nitrogens is 1. The Labute approximate surface area is 103 Å². The van der Waals surface area contributed by atoms with Crippen LogP contribution in [0.4, 0.5) is 0 Å². The number of hydroxylamine groups is 1. The molecule has 0 atom stereocenters. The average molecular weight is 245 g/mol. The molecule has 1 heterocycles. The van der Waals surface area contributed by atoms with E-state index in [1.54, 1.807) is 36.5 Å². The molecule has 0 aliphatic carbocycles. The molecule has 0 radical (unpaired) electrons. The highest BCUT2D eigenvalue weighted by atomic mass is 16.7. The van der Waals surface area contributed by atoms with Crippen LogP contribution in [-0.2, 0) is 9.63 Å². The van der Waals surface area contributed by atoms with Crippen LogP contribution in [0.3, 0.4) is 0 Å². The van der Waals surface area contributed by atoms with Crippen LogP contribution in [0.15, 0.2) is 36.5 Å². The average Bonchev–Trinajstić information content (AvgIpc) is 2.37. The summed E-state index contributed by atoms with van der Waals surface area (Å²) in [5.41, 5.74) is 8.17. The zero-order valence-corrected chi connectivity index (χ0v) is 9.42. The lowest BCUT2D eigenvalue weighted by molar-refractivity contribution is -0.124. The molecule has 1 aromatic heterocycles. The first-order chi connectivity index (χ1) is 8.68. The molecule has 0 unspecified atom stereocenters. The minimum absolute atomic E-state index is 0.366. The molecular weight excluding hydrogens is 234 g/mol. The van der Waals surface area contributed by atoms with Crippen LogP contribution < -0.4 is 11.2 Å². The fourth-order valence-corrected chi connectivity index (χ4v) is 1.53. The third kappa shape index (κ3) is 2.61. The number of benzene rings is 1. The van der Waals surface area contributed by atoms with Crippen LogP contribution in [0, 0.1) is 0 Å². The molecule has 2 amide bonds. The summed E-state index contributed by atoms with van der Waals surface area (Å²) in [6.07, 6.45) is 1.65. The van der Waals surface area contributed by atoms with Crippen molar-refractivity contribution in [1.82, 2.24) is 10.5 Å². The lowest BCUT2D eigenvalue weighted by Gasteiger charge is -2.06. The summed E-state index contributed by atoms with van der Waals surface area (Å²) in [6, 6.07) is 8.69.